The van der Waals surface area contributed by atoms with E-state index in [1.807, 2.05) is 36.4 Å². The van der Waals surface area contributed by atoms with Crippen molar-refractivity contribution in [2.75, 3.05) is 25.1 Å². The lowest BCUT2D eigenvalue weighted by molar-refractivity contribution is -0.121. The number of carbonyl (C=O) groups excluding carboxylic acids is 1. The van der Waals surface area contributed by atoms with Crippen molar-refractivity contribution in [1.29, 1.82) is 5.26 Å². The molecule has 3 rings (SSSR count). The Hall–Kier alpha value is -2.69. The zero-order valence-electron chi connectivity index (χ0n) is 14.1. The first kappa shape index (κ1) is 17.1. The van der Waals surface area contributed by atoms with Crippen molar-refractivity contribution in [3.8, 4) is 11.8 Å². The summed E-state index contributed by atoms with van der Waals surface area (Å²) in [6.07, 6.45) is 2.08. The smallest absolute Gasteiger partial charge is 0.251 e. The highest BCUT2D eigenvalue weighted by Gasteiger charge is 2.19. The zero-order valence-corrected chi connectivity index (χ0v) is 14.1. The van der Waals surface area contributed by atoms with E-state index in [0.29, 0.717) is 18.0 Å². The fourth-order valence-corrected chi connectivity index (χ4v) is 2.73. The van der Waals surface area contributed by atoms with Gasteiger partial charge < -0.3 is 14.8 Å². The number of ether oxygens (including phenoxy) is 2. The summed E-state index contributed by atoms with van der Waals surface area (Å²) < 4.78 is 12.5. The van der Waals surface area contributed by atoms with Gasteiger partial charge in [0.1, 0.15) is 18.5 Å². The first-order valence-corrected chi connectivity index (χ1v) is 8.23. The molecule has 1 aromatic heterocycles. The lowest BCUT2D eigenvalue weighted by Crippen LogP contribution is -2.24. The van der Waals surface area contributed by atoms with Gasteiger partial charge in [-0.2, -0.15) is 10.4 Å². The summed E-state index contributed by atoms with van der Waals surface area (Å²) in [4.78, 5) is 12.2. The van der Waals surface area contributed by atoms with E-state index in [0.717, 1.165) is 25.1 Å². The highest BCUT2D eigenvalue weighted by molar-refractivity contribution is 5.92. The van der Waals surface area contributed by atoms with E-state index in [1.54, 1.807) is 11.6 Å². The number of amides is 1. The summed E-state index contributed by atoms with van der Waals surface area (Å²) in [7, 11) is 0. The number of aromatic nitrogens is 2. The van der Waals surface area contributed by atoms with Crippen molar-refractivity contribution >= 4 is 11.7 Å². The molecule has 1 aliphatic heterocycles. The molecule has 1 amide bonds. The van der Waals surface area contributed by atoms with Crippen LogP contribution in [-0.2, 0) is 14.3 Å². The van der Waals surface area contributed by atoms with Crippen molar-refractivity contribution < 1.29 is 14.3 Å². The van der Waals surface area contributed by atoms with Crippen molar-refractivity contribution in [3.05, 3.63) is 41.6 Å². The Labute approximate surface area is 146 Å². The van der Waals surface area contributed by atoms with Crippen LogP contribution in [0.3, 0.4) is 0 Å². The number of nitrogens with one attached hydrogen (secondary N) is 1. The second kappa shape index (κ2) is 7.92. The maximum atomic E-state index is 12.2. The summed E-state index contributed by atoms with van der Waals surface area (Å²) in [5.41, 5.74) is 1.67. The van der Waals surface area contributed by atoms with E-state index in [2.05, 4.69) is 10.4 Å². The number of nitrogens with zero attached hydrogens (tertiary/aromatic N) is 3. The first-order valence-electron chi connectivity index (χ1n) is 8.23. The molecule has 1 aromatic carbocycles. The third kappa shape index (κ3) is 4.05. The maximum Gasteiger partial charge on any atom is 0.251 e. The fraction of sp³-hybridized carbons (Fsp3) is 0.389. The number of hydrogen-bond donors (Lipinski definition) is 1. The topological polar surface area (TPSA) is 89.2 Å². The molecule has 0 saturated carbocycles. The Bertz CT molecular complexity index is 774. The zero-order chi connectivity index (χ0) is 17.6. The predicted octanol–water partition coefficient (Wildman–Crippen LogP) is 2.19. The van der Waals surface area contributed by atoms with Crippen molar-refractivity contribution in [1.82, 2.24) is 9.78 Å². The first-order chi connectivity index (χ1) is 12.2. The molecule has 130 valence electrons. The molecule has 1 fully saturated rings. The molecule has 1 N–H and O–H groups in total. The van der Waals surface area contributed by atoms with Crippen molar-refractivity contribution in [2.45, 2.75) is 25.9 Å². The van der Waals surface area contributed by atoms with Gasteiger partial charge in [-0.15, -0.1) is 0 Å². The Kier molecular flexibility index (Phi) is 5.43. The van der Waals surface area contributed by atoms with Gasteiger partial charge >= 0.3 is 0 Å². The van der Waals surface area contributed by atoms with E-state index in [4.69, 9.17) is 9.47 Å². The van der Waals surface area contributed by atoms with Crippen LogP contribution in [0.4, 0.5) is 5.82 Å². The SMILES string of the molecule is Cc1c(C#N)nn(-c2ccccc2)c1NC(=O)COCC1CCCO1. The third-order valence-corrected chi connectivity index (χ3v) is 4.05. The number of anilines is 1. The molecule has 2 heterocycles. The molecule has 25 heavy (non-hydrogen) atoms. The molecule has 0 aliphatic carbocycles. The molecule has 1 atom stereocenters. The molecule has 1 saturated heterocycles. The summed E-state index contributed by atoms with van der Waals surface area (Å²) >= 11 is 0. The Morgan fingerprint density at radius 1 is 1.48 bits per heavy atom. The van der Waals surface area contributed by atoms with Gasteiger partial charge in [0.15, 0.2) is 5.69 Å². The van der Waals surface area contributed by atoms with Crippen LogP contribution in [0.25, 0.3) is 5.69 Å². The van der Waals surface area contributed by atoms with Gasteiger partial charge in [-0.3, -0.25) is 4.79 Å². The van der Waals surface area contributed by atoms with Crippen LogP contribution in [0.1, 0.15) is 24.1 Å². The number of hydrogen-bond acceptors (Lipinski definition) is 5. The van der Waals surface area contributed by atoms with Gasteiger partial charge in [0.25, 0.3) is 5.91 Å². The monoisotopic (exact) mass is 340 g/mol. The van der Waals surface area contributed by atoms with E-state index in [1.165, 1.54) is 0 Å². The van der Waals surface area contributed by atoms with Gasteiger partial charge in [-0.05, 0) is 31.9 Å². The van der Waals surface area contributed by atoms with Gasteiger partial charge in [-0.25, -0.2) is 4.68 Å². The normalized spacial score (nSPS) is 16.6. The maximum absolute atomic E-state index is 12.2. The van der Waals surface area contributed by atoms with Crippen molar-refractivity contribution in [3.63, 3.8) is 0 Å². The van der Waals surface area contributed by atoms with Crippen LogP contribution < -0.4 is 5.32 Å². The number of benzene rings is 1. The minimum absolute atomic E-state index is 0.0683. The predicted molar refractivity (Wildman–Crippen MR) is 91.4 cm³/mol. The third-order valence-electron chi connectivity index (χ3n) is 4.05. The second-order valence-electron chi connectivity index (χ2n) is 5.88. The molecule has 1 unspecified atom stereocenters. The highest BCUT2D eigenvalue weighted by atomic mass is 16.5. The Morgan fingerprint density at radius 2 is 2.28 bits per heavy atom. The van der Waals surface area contributed by atoms with Gasteiger partial charge in [0.05, 0.1) is 18.4 Å². The summed E-state index contributed by atoms with van der Waals surface area (Å²) in [5, 5.41) is 16.3. The number of carbonyl (C=O) groups is 1. The largest absolute Gasteiger partial charge is 0.376 e. The van der Waals surface area contributed by atoms with Crippen molar-refractivity contribution in [2.24, 2.45) is 0 Å². The van der Waals surface area contributed by atoms with Gasteiger partial charge in [-0.1, -0.05) is 18.2 Å². The standard InChI is InChI=1S/C18H20N4O3/c1-13-16(10-19)21-22(14-6-3-2-4-7-14)18(13)20-17(23)12-24-11-15-8-5-9-25-15/h2-4,6-7,15H,5,8-9,11-12H2,1H3,(H,20,23). The molecule has 2 aromatic rings. The molecular weight excluding hydrogens is 320 g/mol. The molecule has 0 radical (unpaired) electrons. The fourth-order valence-electron chi connectivity index (χ4n) is 2.73. The minimum atomic E-state index is -0.289. The Morgan fingerprint density at radius 3 is 2.96 bits per heavy atom. The van der Waals surface area contributed by atoms with Gasteiger partial charge in [0, 0.05) is 12.2 Å². The van der Waals surface area contributed by atoms with Crippen LogP contribution in [0.5, 0.6) is 0 Å². The van der Waals surface area contributed by atoms with E-state index in [-0.39, 0.29) is 24.3 Å². The lowest BCUT2D eigenvalue weighted by atomic mass is 10.2. The quantitative estimate of drug-likeness (QED) is 0.870. The Balaban J connectivity index is 1.69. The number of rotatable bonds is 6. The van der Waals surface area contributed by atoms with E-state index in [9.17, 15) is 10.1 Å². The van der Waals surface area contributed by atoms with Crippen LogP contribution in [0, 0.1) is 18.3 Å². The second-order valence-corrected chi connectivity index (χ2v) is 5.88. The van der Waals surface area contributed by atoms with Crippen LogP contribution in [0.15, 0.2) is 30.3 Å². The summed E-state index contributed by atoms with van der Waals surface area (Å²) in [6, 6.07) is 11.4. The molecule has 0 bridgehead atoms. The summed E-state index contributed by atoms with van der Waals surface area (Å²) in [6.45, 7) is 2.86. The highest BCUT2D eigenvalue weighted by Crippen LogP contribution is 2.22. The van der Waals surface area contributed by atoms with Crippen LogP contribution in [0.2, 0.25) is 0 Å². The molecule has 7 nitrogen and oxygen atoms in total. The number of nitriles is 1. The lowest BCUT2D eigenvalue weighted by Gasteiger charge is -2.12. The molecular formula is C18H20N4O3. The van der Waals surface area contributed by atoms with E-state index < -0.39 is 0 Å². The molecule has 1 aliphatic rings. The molecule has 7 heteroatoms. The molecule has 0 spiro atoms. The number of para-hydroxylation sites is 1. The summed E-state index contributed by atoms with van der Waals surface area (Å²) in [5.74, 6) is 0.191. The minimum Gasteiger partial charge on any atom is -0.376 e. The van der Waals surface area contributed by atoms with Crippen LogP contribution in [-0.4, -0.2) is 41.6 Å². The van der Waals surface area contributed by atoms with Crippen LogP contribution >= 0.6 is 0 Å². The van der Waals surface area contributed by atoms with Gasteiger partial charge in [0.2, 0.25) is 0 Å². The average molecular weight is 340 g/mol. The average Bonchev–Trinajstić information content (AvgIpc) is 3.25. The van der Waals surface area contributed by atoms with E-state index >= 15 is 0 Å².